The van der Waals surface area contributed by atoms with Gasteiger partial charge in [0.05, 0.1) is 18.3 Å². The maximum absolute atomic E-state index is 12.1. The number of carbonyl (C=O) groups is 2. The summed E-state index contributed by atoms with van der Waals surface area (Å²) < 4.78 is 0. The van der Waals surface area contributed by atoms with E-state index in [1.807, 2.05) is 19.1 Å². The molecule has 0 aliphatic heterocycles. The number of Topliss-reactive ketones (excluding diaryl/α,β-unsaturated/α-hetero) is 1. The van der Waals surface area contributed by atoms with E-state index in [-0.39, 0.29) is 43.3 Å². The lowest BCUT2D eigenvalue weighted by Gasteiger charge is -2.20. The Hall–Kier alpha value is -1.50. The predicted octanol–water partition coefficient (Wildman–Crippen LogP) is 2.22. The van der Waals surface area contributed by atoms with Gasteiger partial charge < -0.3 is 20.4 Å². The quantitative estimate of drug-likeness (QED) is 0.310. The number of unbranched alkanes of at least 4 members (excludes halogenated alkanes) is 1. The molecule has 0 unspecified atom stereocenters. The lowest BCUT2D eigenvalue weighted by atomic mass is 9.87. The Morgan fingerprint density at radius 1 is 1.12 bits per heavy atom. The molecule has 0 aromatic rings. The molecule has 26 heavy (non-hydrogen) atoms. The number of aliphatic hydroxyl groups is 3. The molecule has 1 saturated carbocycles. The first-order chi connectivity index (χ1) is 12.3. The third-order valence-electron chi connectivity index (χ3n) is 4.81. The monoisotopic (exact) mass is 368 g/mol. The highest BCUT2D eigenvalue weighted by Gasteiger charge is 2.41. The maximum atomic E-state index is 12.1. The van der Waals surface area contributed by atoms with E-state index < -0.39 is 24.3 Å². The van der Waals surface area contributed by atoms with Crippen LogP contribution in [0.5, 0.6) is 0 Å². The molecule has 1 rings (SSSR count). The molecule has 4 N–H and O–H groups in total. The third kappa shape index (κ3) is 8.25. The van der Waals surface area contributed by atoms with Gasteiger partial charge in [0.15, 0.2) is 0 Å². The fourth-order valence-corrected chi connectivity index (χ4v) is 3.37. The molecule has 0 aromatic heterocycles. The summed E-state index contributed by atoms with van der Waals surface area (Å²) in [6.45, 7) is 2.01. The van der Waals surface area contributed by atoms with E-state index in [9.17, 15) is 24.9 Å². The van der Waals surface area contributed by atoms with Gasteiger partial charge in [-0.3, -0.25) is 9.59 Å². The smallest absolute Gasteiger partial charge is 0.303 e. The van der Waals surface area contributed by atoms with Crippen LogP contribution in [0.4, 0.5) is 0 Å². The van der Waals surface area contributed by atoms with Crippen molar-refractivity contribution in [2.24, 2.45) is 11.8 Å². The number of aliphatic hydroxyl groups excluding tert-OH is 3. The predicted molar refractivity (Wildman–Crippen MR) is 98.5 cm³/mol. The van der Waals surface area contributed by atoms with Crippen molar-refractivity contribution in [1.82, 2.24) is 0 Å². The minimum Gasteiger partial charge on any atom is -0.481 e. The van der Waals surface area contributed by atoms with E-state index in [1.165, 1.54) is 0 Å². The zero-order chi connectivity index (χ0) is 19.5. The molecule has 0 heterocycles. The molecule has 1 fully saturated rings. The standard InChI is InChI=1S/C20H32O6/c1-2-3-4-7-14(21)10-11-16-17(19(24)13-18(16)23)12-15(22)8-5-6-9-20(25)26/h3-4,10-11,14,16-19,21,23-24H,2,5-9,12-13H2,1H3,(H,25,26)/b4-3-,11-10+/t14-,16+,17+,18+,19-/m0/s1. The second-order valence-electron chi connectivity index (χ2n) is 7.02. The van der Waals surface area contributed by atoms with E-state index in [1.54, 1.807) is 12.2 Å². The van der Waals surface area contributed by atoms with Crippen LogP contribution in [0.1, 0.15) is 58.3 Å². The van der Waals surface area contributed by atoms with Crippen LogP contribution in [0.3, 0.4) is 0 Å². The van der Waals surface area contributed by atoms with Crippen LogP contribution in [-0.2, 0) is 9.59 Å². The Morgan fingerprint density at radius 3 is 2.46 bits per heavy atom. The van der Waals surface area contributed by atoms with E-state index in [4.69, 9.17) is 5.11 Å². The molecule has 1 aliphatic rings. The van der Waals surface area contributed by atoms with Crippen LogP contribution < -0.4 is 0 Å². The lowest BCUT2D eigenvalue weighted by molar-refractivity contribution is -0.137. The summed E-state index contributed by atoms with van der Waals surface area (Å²) in [7, 11) is 0. The Morgan fingerprint density at radius 2 is 1.81 bits per heavy atom. The minimum atomic E-state index is -0.871. The van der Waals surface area contributed by atoms with Gasteiger partial charge in [-0.2, -0.15) is 0 Å². The summed E-state index contributed by atoms with van der Waals surface area (Å²) in [6.07, 6.45) is 8.14. The Kier molecular flexibility index (Phi) is 10.4. The van der Waals surface area contributed by atoms with Crippen LogP contribution >= 0.6 is 0 Å². The molecule has 148 valence electrons. The second kappa shape index (κ2) is 12.0. The summed E-state index contributed by atoms with van der Waals surface area (Å²) in [5.41, 5.74) is 0. The molecule has 0 radical (unpaired) electrons. The van der Waals surface area contributed by atoms with E-state index in [2.05, 4.69) is 0 Å². The highest BCUT2D eigenvalue weighted by molar-refractivity contribution is 5.78. The molecular formula is C20H32O6. The van der Waals surface area contributed by atoms with Gasteiger partial charge in [-0.15, -0.1) is 0 Å². The molecule has 6 heteroatoms. The Balaban J connectivity index is 2.54. The van der Waals surface area contributed by atoms with Gasteiger partial charge in [0.25, 0.3) is 0 Å². The number of carboxylic acids is 1. The number of rotatable bonds is 12. The fourth-order valence-electron chi connectivity index (χ4n) is 3.37. The number of aliphatic carboxylic acids is 1. The normalized spacial score (nSPS) is 27.4. The third-order valence-corrected chi connectivity index (χ3v) is 4.81. The number of carbonyl (C=O) groups excluding carboxylic acids is 1. The summed E-state index contributed by atoms with van der Waals surface area (Å²) >= 11 is 0. The topological polar surface area (TPSA) is 115 Å². The Labute approximate surface area is 155 Å². The zero-order valence-electron chi connectivity index (χ0n) is 15.5. The van der Waals surface area contributed by atoms with Crippen molar-refractivity contribution in [3.63, 3.8) is 0 Å². The van der Waals surface area contributed by atoms with Crippen LogP contribution in [-0.4, -0.2) is 50.5 Å². The molecule has 5 atom stereocenters. The first-order valence-electron chi connectivity index (χ1n) is 9.46. The minimum absolute atomic E-state index is 0.0293. The molecule has 0 aromatic carbocycles. The molecule has 0 spiro atoms. The van der Waals surface area contributed by atoms with Gasteiger partial charge in [-0.25, -0.2) is 0 Å². The van der Waals surface area contributed by atoms with E-state index >= 15 is 0 Å². The fraction of sp³-hybridized carbons (Fsp3) is 0.700. The van der Waals surface area contributed by atoms with Gasteiger partial charge in [0, 0.05) is 37.5 Å². The molecule has 0 bridgehead atoms. The first kappa shape index (κ1) is 22.5. The van der Waals surface area contributed by atoms with Crippen LogP contribution in [0.2, 0.25) is 0 Å². The summed E-state index contributed by atoms with van der Waals surface area (Å²) in [5, 5.41) is 38.9. The van der Waals surface area contributed by atoms with Crippen molar-refractivity contribution in [2.75, 3.05) is 0 Å². The highest BCUT2D eigenvalue weighted by Crippen LogP contribution is 2.36. The molecule has 0 amide bonds. The largest absolute Gasteiger partial charge is 0.481 e. The number of carboxylic acid groups (broad SMARTS) is 1. The van der Waals surface area contributed by atoms with Crippen molar-refractivity contribution >= 4 is 11.8 Å². The van der Waals surface area contributed by atoms with Gasteiger partial charge in [0.1, 0.15) is 5.78 Å². The van der Waals surface area contributed by atoms with Crippen molar-refractivity contribution in [2.45, 2.75) is 76.6 Å². The summed E-state index contributed by atoms with van der Waals surface area (Å²) in [5.74, 6) is -1.63. The first-order valence-corrected chi connectivity index (χ1v) is 9.46. The van der Waals surface area contributed by atoms with Gasteiger partial charge in [0.2, 0.25) is 0 Å². The van der Waals surface area contributed by atoms with Crippen molar-refractivity contribution in [1.29, 1.82) is 0 Å². The number of hydrogen-bond acceptors (Lipinski definition) is 5. The summed E-state index contributed by atoms with van der Waals surface area (Å²) in [6, 6.07) is 0. The number of allylic oxidation sites excluding steroid dienone is 1. The average molecular weight is 368 g/mol. The summed E-state index contributed by atoms with van der Waals surface area (Å²) in [4.78, 5) is 22.6. The van der Waals surface area contributed by atoms with Gasteiger partial charge in [-0.1, -0.05) is 31.2 Å². The Bertz CT molecular complexity index is 499. The second-order valence-corrected chi connectivity index (χ2v) is 7.02. The number of hydrogen-bond donors (Lipinski definition) is 4. The molecular weight excluding hydrogens is 336 g/mol. The molecule has 1 aliphatic carbocycles. The number of ketones is 1. The average Bonchev–Trinajstić information content (AvgIpc) is 2.83. The van der Waals surface area contributed by atoms with Crippen LogP contribution in [0.25, 0.3) is 0 Å². The van der Waals surface area contributed by atoms with E-state index in [0.717, 1.165) is 6.42 Å². The maximum Gasteiger partial charge on any atom is 0.303 e. The van der Waals surface area contributed by atoms with Gasteiger partial charge in [-0.05, 0) is 25.7 Å². The lowest BCUT2D eigenvalue weighted by Crippen LogP contribution is -2.24. The van der Waals surface area contributed by atoms with Crippen LogP contribution in [0, 0.1) is 11.8 Å². The van der Waals surface area contributed by atoms with Crippen molar-refractivity contribution in [3.8, 4) is 0 Å². The zero-order valence-corrected chi connectivity index (χ0v) is 15.5. The molecule has 6 nitrogen and oxygen atoms in total. The van der Waals surface area contributed by atoms with Gasteiger partial charge >= 0.3 is 5.97 Å². The SMILES string of the molecule is CC/C=C\C[C@H](O)/C=C/[C@@H]1[C@@H](CC(=O)CCCCC(=O)O)[C@@H](O)C[C@H]1O. The van der Waals surface area contributed by atoms with Crippen molar-refractivity contribution in [3.05, 3.63) is 24.3 Å². The van der Waals surface area contributed by atoms with Crippen LogP contribution in [0.15, 0.2) is 24.3 Å². The highest BCUT2D eigenvalue weighted by atomic mass is 16.4. The van der Waals surface area contributed by atoms with E-state index in [0.29, 0.717) is 19.3 Å². The van der Waals surface area contributed by atoms with Crippen molar-refractivity contribution < 1.29 is 30.0 Å². The molecule has 0 saturated heterocycles.